The molecule has 0 spiro atoms. The predicted octanol–water partition coefficient (Wildman–Crippen LogP) is 1.90. The summed E-state index contributed by atoms with van der Waals surface area (Å²) in [7, 11) is 0. The number of likely N-dealkylation sites (tertiary alicyclic amines) is 1. The molecule has 1 aromatic rings. The maximum atomic E-state index is 12.8. The number of anilines is 1. The normalized spacial score (nSPS) is 29.0. The number of imide groups is 1. The lowest BCUT2D eigenvalue weighted by atomic mass is 9.81. The van der Waals surface area contributed by atoms with Crippen molar-refractivity contribution in [1.82, 2.24) is 4.90 Å². The van der Waals surface area contributed by atoms with Crippen molar-refractivity contribution in [3.05, 3.63) is 29.8 Å². The molecule has 4 rings (SSSR count). The molecule has 1 heterocycles. The second-order valence-electron chi connectivity index (χ2n) is 8.13. The van der Waals surface area contributed by atoms with Crippen LogP contribution in [0.1, 0.15) is 31.7 Å². The summed E-state index contributed by atoms with van der Waals surface area (Å²) in [6, 6.07) is 6.21. The van der Waals surface area contributed by atoms with Gasteiger partial charge in [-0.2, -0.15) is 0 Å². The molecule has 2 bridgehead atoms. The summed E-state index contributed by atoms with van der Waals surface area (Å²) in [6.45, 7) is 2.96. The largest absolute Gasteiger partial charge is 0.454 e. The Kier molecular flexibility index (Phi) is 4.69. The Morgan fingerprint density at radius 3 is 2.25 bits per heavy atom. The number of benzene rings is 1. The molecule has 3 amide bonds. The molecule has 28 heavy (non-hydrogen) atoms. The number of rotatable bonds is 5. The molecule has 0 aromatic heterocycles. The van der Waals surface area contributed by atoms with Gasteiger partial charge in [-0.05, 0) is 57.1 Å². The van der Waals surface area contributed by atoms with Crippen LogP contribution in [0, 0.1) is 30.6 Å². The van der Waals surface area contributed by atoms with E-state index in [4.69, 9.17) is 4.74 Å². The number of nitrogens with one attached hydrogen (secondary N) is 1. The number of hydrogen-bond donors (Lipinski definition) is 1. The Morgan fingerprint density at radius 1 is 1.11 bits per heavy atom. The molecule has 1 aromatic carbocycles. The molecule has 7 nitrogen and oxygen atoms in total. The van der Waals surface area contributed by atoms with Gasteiger partial charge in [-0.3, -0.25) is 19.3 Å². The number of fused-ring (bicyclic) bond motifs is 5. The van der Waals surface area contributed by atoms with Gasteiger partial charge in [0.1, 0.15) is 6.04 Å². The van der Waals surface area contributed by atoms with E-state index < -0.39 is 24.5 Å². The van der Waals surface area contributed by atoms with Crippen LogP contribution in [0.2, 0.25) is 0 Å². The highest BCUT2D eigenvalue weighted by Gasteiger charge is 2.62. The van der Waals surface area contributed by atoms with Crippen LogP contribution in [0.3, 0.4) is 0 Å². The van der Waals surface area contributed by atoms with Gasteiger partial charge >= 0.3 is 5.97 Å². The quantitative estimate of drug-likeness (QED) is 0.618. The third-order valence-corrected chi connectivity index (χ3v) is 6.37. The minimum atomic E-state index is -1.02. The van der Waals surface area contributed by atoms with E-state index in [-0.39, 0.29) is 35.5 Å². The SMILES string of the molecule is Cc1ccc(NC(=O)COC(=O)[C@H](C)N2C(=O)[C@@H]3[C@H]4CC[C@@H](C4)[C@H]3C2=O)cc1. The first-order chi connectivity index (χ1) is 13.4. The minimum Gasteiger partial charge on any atom is -0.454 e. The second-order valence-corrected chi connectivity index (χ2v) is 8.13. The third kappa shape index (κ3) is 3.08. The van der Waals surface area contributed by atoms with Crippen molar-refractivity contribution < 1.29 is 23.9 Å². The zero-order valence-corrected chi connectivity index (χ0v) is 16.0. The zero-order chi connectivity index (χ0) is 20.0. The van der Waals surface area contributed by atoms with Crippen LogP contribution in [0.4, 0.5) is 5.69 Å². The second kappa shape index (κ2) is 7.04. The van der Waals surface area contributed by atoms with Crippen molar-refractivity contribution in [2.45, 2.75) is 39.2 Å². The van der Waals surface area contributed by atoms with Crippen molar-refractivity contribution >= 4 is 29.4 Å². The fourth-order valence-electron chi connectivity index (χ4n) is 5.01. The van der Waals surface area contributed by atoms with Crippen LogP contribution >= 0.6 is 0 Å². The highest BCUT2D eigenvalue weighted by Crippen LogP contribution is 2.56. The molecule has 2 aliphatic carbocycles. The summed E-state index contributed by atoms with van der Waals surface area (Å²) >= 11 is 0. The Labute approximate surface area is 163 Å². The Bertz CT molecular complexity index is 806. The van der Waals surface area contributed by atoms with Crippen molar-refractivity contribution in [2.75, 3.05) is 11.9 Å². The summed E-state index contributed by atoms with van der Waals surface area (Å²) in [4.78, 5) is 51.0. The van der Waals surface area contributed by atoms with Crippen molar-refractivity contribution in [1.29, 1.82) is 0 Å². The van der Waals surface area contributed by atoms with E-state index >= 15 is 0 Å². The van der Waals surface area contributed by atoms with E-state index in [1.807, 2.05) is 19.1 Å². The van der Waals surface area contributed by atoms with Crippen LogP contribution in [0.25, 0.3) is 0 Å². The number of nitrogens with zero attached hydrogens (tertiary/aromatic N) is 1. The van der Waals surface area contributed by atoms with Gasteiger partial charge in [-0.1, -0.05) is 17.7 Å². The van der Waals surface area contributed by atoms with Gasteiger partial charge in [0.2, 0.25) is 11.8 Å². The van der Waals surface area contributed by atoms with Gasteiger partial charge < -0.3 is 10.1 Å². The lowest BCUT2D eigenvalue weighted by Crippen LogP contribution is -2.45. The monoisotopic (exact) mass is 384 g/mol. The van der Waals surface area contributed by atoms with Crippen molar-refractivity contribution in [2.24, 2.45) is 23.7 Å². The number of amides is 3. The van der Waals surface area contributed by atoms with Crippen molar-refractivity contribution in [3.63, 3.8) is 0 Å². The maximum Gasteiger partial charge on any atom is 0.329 e. The predicted molar refractivity (Wildman–Crippen MR) is 99.9 cm³/mol. The molecule has 148 valence electrons. The summed E-state index contributed by atoms with van der Waals surface area (Å²) in [6.07, 6.45) is 2.91. The Morgan fingerprint density at radius 2 is 1.68 bits per heavy atom. The van der Waals surface area contributed by atoms with Crippen molar-refractivity contribution in [3.8, 4) is 0 Å². The van der Waals surface area contributed by atoms with Crippen LogP contribution in [0.5, 0.6) is 0 Å². The van der Waals surface area contributed by atoms with Crippen LogP contribution in [0.15, 0.2) is 24.3 Å². The fraction of sp³-hybridized carbons (Fsp3) is 0.524. The molecule has 1 saturated heterocycles. The maximum absolute atomic E-state index is 12.8. The molecule has 5 atom stereocenters. The molecule has 7 heteroatoms. The van der Waals surface area contributed by atoms with E-state index in [1.165, 1.54) is 6.92 Å². The smallest absolute Gasteiger partial charge is 0.329 e. The lowest BCUT2D eigenvalue weighted by molar-refractivity contribution is -0.159. The van der Waals surface area contributed by atoms with Crippen LogP contribution < -0.4 is 5.32 Å². The standard InChI is InChI=1S/C21H24N2O5/c1-11-3-7-15(8-4-11)22-16(24)10-28-21(27)12(2)23-19(25)17-13-5-6-14(9-13)18(17)20(23)26/h3-4,7-8,12-14,17-18H,5-6,9-10H2,1-2H3,(H,22,24)/t12-,13-,14-,17+,18+/m0/s1. The molecular weight excluding hydrogens is 360 g/mol. The van der Waals surface area contributed by atoms with Gasteiger partial charge in [0.15, 0.2) is 6.61 Å². The minimum absolute atomic E-state index is 0.254. The van der Waals surface area contributed by atoms with Gasteiger partial charge in [0, 0.05) is 5.69 Å². The number of ether oxygens (including phenoxy) is 1. The molecular formula is C21H24N2O5. The van der Waals surface area contributed by atoms with Crippen LogP contribution in [-0.2, 0) is 23.9 Å². The topological polar surface area (TPSA) is 92.8 Å². The van der Waals surface area contributed by atoms with E-state index in [2.05, 4.69) is 5.32 Å². The van der Waals surface area contributed by atoms with Gasteiger partial charge in [-0.25, -0.2) is 4.79 Å². The average Bonchev–Trinajstić information content (AvgIpc) is 3.35. The Balaban J connectivity index is 1.33. The molecule has 0 radical (unpaired) electrons. The summed E-state index contributed by atoms with van der Waals surface area (Å²) < 4.78 is 5.06. The third-order valence-electron chi connectivity index (χ3n) is 6.37. The number of aryl methyl sites for hydroxylation is 1. The molecule has 3 fully saturated rings. The first-order valence-corrected chi connectivity index (χ1v) is 9.77. The van der Waals surface area contributed by atoms with E-state index in [0.717, 1.165) is 29.7 Å². The fourth-order valence-corrected chi connectivity index (χ4v) is 5.01. The van der Waals surface area contributed by atoms with E-state index in [1.54, 1.807) is 12.1 Å². The number of carbonyl (C=O) groups excluding carboxylic acids is 4. The van der Waals surface area contributed by atoms with E-state index in [9.17, 15) is 19.2 Å². The molecule has 1 aliphatic heterocycles. The number of carbonyl (C=O) groups is 4. The first kappa shape index (κ1) is 18.7. The average molecular weight is 384 g/mol. The van der Waals surface area contributed by atoms with Crippen LogP contribution in [-0.4, -0.2) is 41.2 Å². The molecule has 2 saturated carbocycles. The van der Waals surface area contributed by atoms with Gasteiger partial charge in [-0.15, -0.1) is 0 Å². The van der Waals surface area contributed by atoms with Gasteiger partial charge in [0.05, 0.1) is 11.8 Å². The summed E-state index contributed by atoms with van der Waals surface area (Å²) in [5.74, 6) is -1.74. The zero-order valence-electron chi connectivity index (χ0n) is 16.0. The van der Waals surface area contributed by atoms with E-state index in [0.29, 0.717) is 5.69 Å². The lowest BCUT2D eigenvalue weighted by Gasteiger charge is -2.23. The Hall–Kier alpha value is -2.70. The summed E-state index contributed by atoms with van der Waals surface area (Å²) in [5, 5.41) is 2.64. The molecule has 0 unspecified atom stereocenters. The summed E-state index contributed by atoms with van der Waals surface area (Å²) in [5.41, 5.74) is 1.67. The highest BCUT2D eigenvalue weighted by molar-refractivity contribution is 6.08. The number of esters is 1. The molecule has 3 aliphatic rings. The first-order valence-electron chi connectivity index (χ1n) is 9.77. The van der Waals surface area contributed by atoms with Gasteiger partial charge in [0.25, 0.3) is 5.91 Å². The highest BCUT2D eigenvalue weighted by atomic mass is 16.5. The molecule has 1 N–H and O–H groups in total. The number of hydrogen-bond acceptors (Lipinski definition) is 5.